The van der Waals surface area contributed by atoms with Crippen molar-refractivity contribution in [3.05, 3.63) is 42.4 Å². The number of hydrogen-bond acceptors (Lipinski definition) is 5. The fourth-order valence-corrected chi connectivity index (χ4v) is 1.43. The highest BCUT2D eigenvalue weighted by atomic mass is 15.1. The molecule has 2 rings (SSSR count). The van der Waals surface area contributed by atoms with Gasteiger partial charge in [-0.25, -0.2) is 4.99 Å². The lowest BCUT2D eigenvalue weighted by atomic mass is 10.3. The van der Waals surface area contributed by atoms with Crippen LogP contribution >= 0.6 is 0 Å². The van der Waals surface area contributed by atoms with Gasteiger partial charge in [-0.2, -0.15) is 0 Å². The van der Waals surface area contributed by atoms with Gasteiger partial charge in [0.2, 0.25) is 0 Å². The van der Waals surface area contributed by atoms with Gasteiger partial charge in [0.25, 0.3) is 0 Å². The van der Waals surface area contributed by atoms with Crippen LogP contribution in [0.25, 0.3) is 5.70 Å². The SMILES string of the molecule is CC(C)NC1=C(c2cnccn2)NC=CC=N1. The lowest BCUT2D eigenvalue weighted by Crippen LogP contribution is -2.24. The maximum Gasteiger partial charge on any atom is 0.152 e. The Morgan fingerprint density at radius 1 is 1.29 bits per heavy atom. The Labute approximate surface area is 100 Å². The molecule has 88 valence electrons. The first-order valence-corrected chi connectivity index (χ1v) is 5.50. The van der Waals surface area contributed by atoms with E-state index in [0.29, 0.717) is 6.04 Å². The molecule has 0 fully saturated rings. The van der Waals surface area contributed by atoms with E-state index in [1.165, 1.54) is 0 Å². The number of rotatable bonds is 3. The molecule has 0 spiro atoms. The summed E-state index contributed by atoms with van der Waals surface area (Å²) in [6, 6.07) is 0.300. The first kappa shape index (κ1) is 11.3. The summed E-state index contributed by atoms with van der Waals surface area (Å²) in [4.78, 5) is 12.7. The lowest BCUT2D eigenvalue weighted by Gasteiger charge is -2.14. The highest BCUT2D eigenvalue weighted by Gasteiger charge is 2.11. The van der Waals surface area contributed by atoms with Gasteiger partial charge in [-0.3, -0.25) is 9.97 Å². The maximum atomic E-state index is 4.35. The first-order valence-electron chi connectivity index (χ1n) is 5.50. The van der Waals surface area contributed by atoms with Crippen LogP contribution < -0.4 is 10.6 Å². The van der Waals surface area contributed by atoms with Gasteiger partial charge < -0.3 is 10.6 Å². The summed E-state index contributed by atoms with van der Waals surface area (Å²) < 4.78 is 0. The van der Waals surface area contributed by atoms with Crippen LogP contribution in [0.5, 0.6) is 0 Å². The van der Waals surface area contributed by atoms with E-state index in [4.69, 9.17) is 0 Å². The largest absolute Gasteiger partial charge is 0.366 e. The summed E-state index contributed by atoms with van der Waals surface area (Å²) in [5, 5.41) is 6.44. The molecule has 0 aromatic carbocycles. The molecule has 1 aliphatic heterocycles. The fourth-order valence-electron chi connectivity index (χ4n) is 1.43. The van der Waals surface area contributed by atoms with Crippen LogP contribution in [0, 0.1) is 0 Å². The summed E-state index contributed by atoms with van der Waals surface area (Å²) in [7, 11) is 0. The standard InChI is InChI=1S/C12H15N5/c1-9(2)17-12-11(15-4-3-5-16-12)10-8-13-6-7-14-10/h3-9,15,17H,1-2H3. The summed E-state index contributed by atoms with van der Waals surface area (Å²) in [5.74, 6) is 0.769. The lowest BCUT2D eigenvalue weighted by molar-refractivity contribution is 0.663. The van der Waals surface area contributed by atoms with E-state index in [0.717, 1.165) is 17.2 Å². The van der Waals surface area contributed by atoms with E-state index in [1.807, 2.05) is 12.3 Å². The van der Waals surface area contributed by atoms with Gasteiger partial charge in [0.15, 0.2) is 5.82 Å². The van der Waals surface area contributed by atoms with Crippen LogP contribution in [0.2, 0.25) is 0 Å². The van der Waals surface area contributed by atoms with E-state index in [-0.39, 0.29) is 0 Å². The van der Waals surface area contributed by atoms with E-state index < -0.39 is 0 Å². The zero-order valence-electron chi connectivity index (χ0n) is 9.88. The smallest absolute Gasteiger partial charge is 0.152 e. The highest BCUT2D eigenvalue weighted by molar-refractivity contribution is 5.77. The maximum absolute atomic E-state index is 4.35. The fraction of sp³-hybridized carbons (Fsp3) is 0.250. The van der Waals surface area contributed by atoms with Gasteiger partial charge in [-0.05, 0) is 19.9 Å². The summed E-state index contributed by atoms with van der Waals surface area (Å²) >= 11 is 0. The van der Waals surface area contributed by atoms with Crippen molar-refractivity contribution in [2.45, 2.75) is 19.9 Å². The Morgan fingerprint density at radius 3 is 2.88 bits per heavy atom. The third-order valence-electron chi connectivity index (χ3n) is 2.10. The Bertz CT molecular complexity index is 459. The molecule has 2 heterocycles. The van der Waals surface area contributed by atoms with Crippen LogP contribution in [0.1, 0.15) is 19.5 Å². The molecule has 0 unspecified atom stereocenters. The Hall–Kier alpha value is -2.17. The second-order valence-corrected chi connectivity index (χ2v) is 3.89. The van der Waals surface area contributed by atoms with Crippen LogP contribution in [-0.4, -0.2) is 22.2 Å². The molecule has 2 N–H and O–H groups in total. The van der Waals surface area contributed by atoms with Crippen LogP contribution in [0.4, 0.5) is 0 Å². The quantitative estimate of drug-likeness (QED) is 0.819. The third kappa shape index (κ3) is 2.90. The van der Waals surface area contributed by atoms with Crippen molar-refractivity contribution >= 4 is 11.9 Å². The van der Waals surface area contributed by atoms with E-state index in [9.17, 15) is 0 Å². The normalized spacial score (nSPS) is 14.8. The predicted molar refractivity (Wildman–Crippen MR) is 68.0 cm³/mol. The van der Waals surface area contributed by atoms with Crippen molar-refractivity contribution < 1.29 is 0 Å². The molecule has 0 saturated heterocycles. The number of aromatic nitrogens is 2. The summed E-state index contributed by atoms with van der Waals surface area (Å²) in [5.41, 5.74) is 1.59. The second-order valence-electron chi connectivity index (χ2n) is 3.89. The van der Waals surface area contributed by atoms with Crippen molar-refractivity contribution in [1.29, 1.82) is 0 Å². The Morgan fingerprint density at radius 2 is 2.18 bits per heavy atom. The minimum atomic E-state index is 0.300. The molecule has 17 heavy (non-hydrogen) atoms. The number of hydrogen-bond donors (Lipinski definition) is 2. The van der Waals surface area contributed by atoms with Crippen molar-refractivity contribution in [2.75, 3.05) is 0 Å². The van der Waals surface area contributed by atoms with Gasteiger partial charge in [-0.15, -0.1) is 0 Å². The van der Waals surface area contributed by atoms with Gasteiger partial charge in [0, 0.05) is 30.9 Å². The number of nitrogens with zero attached hydrogens (tertiary/aromatic N) is 3. The Kier molecular flexibility index (Phi) is 3.49. The molecule has 0 aliphatic carbocycles. The van der Waals surface area contributed by atoms with Gasteiger partial charge >= 0.3 is 0 Å². The van der Waals surface area contributed by atoms with E-state index in [1.54, 1.807) is 24.8 Å². The average Bonchev–Trinajstić information content (AvgIpc) is 2.55. The molecule has 0 radical (unpaired) electrons. The van der Waals surface area contributed by atoms with Crippen molar-refractivity contribution in [1.82, 2.24) is 20.6 Å². The monoisotopic (exact) mass is 229 g/mol. The molecular weight excluding hydrogens is 214 g/mol. The third-order valence-corrected chi connectivity index (χ3v) is 2.10. The first-order chi connectivity index (χ1) is 8.27. The molecule has 5 heteroatoms. The minimum absolute atomic E-state index is 0.300. The van der Waals surface area contributed by atoms with Gasteiger partial charge in [-0.1, -0.05) is 0 Å². The number of aliphatic imine (C=N–C) groups is 1. The van der Waals surface area contributed by atoms with Crippen LogP contribution in [0.3, 0.4) is 0 Å². The Balaban J connectivity index is 2.40. The molecule has 0 bridgehead atoms. The van der Waals surface area contributed by atoms with E-state index >= 15 is 0 Å². The predicted octanol–water partition coefficient (Wildman–Crippen LogP) is 1.29. The van der Waals surface area contributed by atoms with E-state index in [2.05, 4.69) is 39.4 Å². The van der Waals surface area contributed by atoms with Crippen molar-refractivity contribution in [3.63, 3.8) is 0 Å². The van der Waals surface area contributed by atoms with Crippen molar-refractivity contribution in [3.8, 4) is 0 Å². The highest BCUT2D eigenvalue weighted by Crippen LogP contribution is 2.14. The van der Waals surface area contributed by atoms with Crippen molar-refractivity contribution in [2.24, 2.45) is 4.99 Å². The average molecular weight is 229 g/mol. The molecule has 0 atom stereocenters. The molecule has 1 aromatic heterocycles. The molecular formula is C12H15N5. The van der Waals surface area contributed by atoms with Gasteiger partial charge in [0.1, 0.15) is 11.4 Å². The summed E-state index contributed by atoms with van der Waals surface area (Å²) in [6.45, 7) is 4.13. The number of allylic oxidation sites excluding steroid dienone is 1. The molecule has 1 aliphatic rings. The zero-order valence-corrected chi connectivity index (χ0v) is 9.88. The minimum Gasteiger partial charge on any atom is -0.366 e. The van der Waals surface area contributed by atoms with Crippen LogP contribution in [-0.2, 0) is 0 Å². The summed E-state index contributed by atoms with van der Waals surface area (Å²) in [6.07, 6.45) is 10.4. The zero-order chi connectivity index (χ0) is 12.1. The molecule has 0 saturated carbocycles. The van der Waals surface area contributed by atoms with Crippen LogP contribution in [0.15, 0.2) is 41.7 Å². The van der Waals surface area contributed by atoms with Gasteiger partial charge in [0.05, 0.1) is 6.20 Å². The second kappa shape index (κ2) is 5.25. The molecule has 1 aromatic rings. The molecule has 0 amide bonds. The topological polar surface area (TPSA) is 62.2 Å². The number of nitrogens with one attached hydrogen (secondary N) is 2. The molecule has 5 nitrogen and oxygen atoms in total.